The molecule has 2 aromatic heterocycles. The molecule has 0 atom stereocenters. The Morgan fingerprint density at radius 1 is 0.909 bits per heavy atom. The second-order valence-electron chi connectivity index (χ2n) is 8.94. The van der Waals surface area contributed by atoms with E-state index < -0.39 is 0 Å². The van der Waals surface area contributed by atoms with Gasteiger partial charge in [-0.25, -0.2) is 0 Å². The van der Waals surface area contributed by atoms with Gasteiger partial charge in [0, 0.05) is 54.8 Å². The van der Waals surface area contributed by atoms with Gasteiger partial charge in [0.2, 0.25) is 0 Å². The third kappa shape index (κ3) is 4.36. The van der Waals surface area contributed by atoms with E-state index in [1.165, 1.54) is 16.0 Å². The summed E-state index contributed by atoms with van der Waals surface area (Å²) in [6.45, 7) is 6.57. The molecular formula is C26H29N3O2S2. The van der Waals surface area contributed by atoms with Gasteiger partial charge < -0.3 is 14.4 Å². The molecule has 0 saturated carbocycles. The zero-order valence-corrected chi connectivity index (χ0v) is 20.8. The number of thiophene rings is 1. The largest absolute Gasteiger partial charge is 0.335 e. The Morgan fingerprint density at radius 2 is 1.55 bits per heavy atom. The van der Waals surface area contributed by atoms with Crippen LogP contribution in [0.2, 0.25) is 0 Å². The van der Waals surface area contributed by atoms with Crippen molar-refractivity contribution in [3.8, 4) is 5.00 Å². The summed E-state index contributed by atoms with van der Waals surface area (Å²) in [5.74, 6) is 2.65. The first-order valence-corrected chi connectivity index (χ1v) is 13.5. The second-order valence-corrected chi connectivity index (χ2v) is 11.1. The van der Waals surface area contributed by atoms with Crippen molar-refractivity contribution in [3.63, 3.8) is 0 Å². The summed E-state index contributed by atoms with van der Waals surface area (Å²) in [7, 11) is 0. The molecule has 0 radical (unpaired) electrons. The van der Waals surface area contributed by atoms with E-state index in [2.05, 4.69) is 18.4 Å². The van der Waals surface area contributed by atoms with Crippen LogP contribution in [0, 0.1) is 0 Å². The third-order valence-electron chi connectivity index (χ3n) is 6.53. The lowest BCUT2D eigenvalue weighted by molar-refractivity contribution is 0.0535. The van der Waals surface area contributed by atoms with E-state index in [-0.39, 0.29) is 11.8 Å². The number of hydrogen-bond donors (Lipinski definition) is 0. The molecule has 5 nitrogen and oxygen atoms in total. The number of fused-ring (bicyclic) bond motifs is 1. The molecule has 5 rings (SSSR count). The molecule has 172 valence electrons. The first kappa shape index (κ1) is 22.3. The Balaban J connectivity index is 1.31. The number of carbonyl (C=O) groups is 2. The highest BCUT2D eigenvalue weighted by Crippen LogP contribution is 2.39. The number of amides is 2. The zero-order chi connectivity index (χ0) is 22.9. The second kappa shape index (κ2) is 9.39. The average molecular weight is 480 g/mol. The standard InChI is InChI=1S/C26H29N3O2S2/c1-18(2)19-5-7-20(8-6-19)24(30)27-12-14-28(15-13-27)25(31)23-21-9-16-32-17-22(21)33-26(23)29-10-3-4-11-29/h3-8,10-11,18H,9,12-17H2,1-2H3. The summed E-state index contributed by atoms with van der Waals surface area (Å²) in [5, 5.41) is 1.03. The Morgan fingerprint density at radius 3 is 2.18 bits per heavy atom. The van der Waals surface area contributed by atoms with Crippen molar-refractivity contribution < 1.29 is 9.59 Å². The van der Waals surface area contributed by atoms with Gasteiger partial charge in [0.15, 0.2) is 0 Å². The summed E-state index contributed by atoms with van der Waals surface area (Å²) in [6, 6.07) is 11.9. The van der Waals surface area contributed by atoms with E-state index in [0.29, 0.717) is 32.1 Å². The maximum atomic E-state index is 13.7. The summed E-state index contributed by atoms with van der Waals surface area (Å²) in [4.78, 5) is 31.9. The van der Waals surface area contributed by atoms with E-state index in [0.717, 1.165) is 34.1 Å². The Bertz CT molecular complexity index is 1140. The van der Waals surface area contributed by atoms with Crippen molar-refractivity contribution in [3.05, 3.63) is 75.9 Å². The van der Waals surface area contributed by atoms with E-state index in [1.807, 2.05) is 70.4 Å². The molecular weight excluding hydrogens is 450 g/mol. The smallest absolute Gasteiger partial charge is 0.257 e. The number of piperazine rings is 1. The number of carbonyl (C=O) groups excluding carboxylic acids is 2. The number of aromatic nitrogens is 1. The molecule has 7 heteroatoms. The molecule has 0 bridgehead atoms. The first-order valence-electron chi connectivity index (χ1n) is 11.6. The monoisotopic (exact) mass is 479 g/mol. The highest BCUT2D eigenvalue weighted by Gasteiger charge is 2.32. The van der Waals surface area contributed by atoms with Crippen LogP contribution in [0.25, 0.3) is 5.00 Å². The predicted molar refractivity (Wildman–Crippen MR) is 136 cm³/mol. The zero-order valence-electron chi connectivity index (χ0n) is 19.1. The fourth-order valence-corrected chi connectivity index (χ4v) is 6.99. The van der Waals surface area contributed by atoms with Crippen LogP contribution in [-0.2, 0) is 12.2 Å². The predicted octanol–water partition coefficient (Wildman–Crippen LogP) is 5.05. The molecule has 2 aliphatic rings. The SMILES string of the molecule is CC(C)c1ccc(C(=O)N2CCN(C(=O)c3c(-n4cccc4)sc4c3CCSC4)CC2)cc1. The van der Waals surface area contributed by atoms with Gasteiger partial charge in [0.05, 0.1) is 5.56 Å². The minimum Gasteiger partial charge on any atom is -0.335 e. The van der Waals surface area contributed by atoms with Gasteiger partial charge in [-0.2, -0.15) is 11.8 Å². The van der Waals surface area contributed by atoms with Crippen molar-refractivity contribution in [2.75, 3.05) is 31.9 Å². The minimum absolute atomic E-state index is 0.0513. The molecule has 4 heterocycles. The van der Waals surface area contributed by atoms with Crippen LogP contribution in [-0.4, -0.2) is 58.1 Å². The molecule has 2 amide bonds. The van der Waals surface area contributed by atoms with Crippen LogP contribution in [0.4, 0.5) is 0 Å². The molecule has 0 N–H and O–H groups in total. The molecule has 33 heavy (non-hydrogen) atoms. The first-order chi connectivity index (χ1) is 16.0. The lowest BCUT2D eigenvalue weighted by Gasteiger charge is -2.35. The fraction of sp³-hybridized carbons (Fsp3) is 0.385. The average Bonchev–Trinajstić information content (AvgIpc) is 3.51. The van der Waals surface area contributed by atoms with Crippen LogP contribution in [0.3, 0.4) is 0 Å². The van der Waals surface area contributed by atoms with Crippen LogP contribution in [0.15, 0.2) is 48.8 Å². The molecule has 1 saturated heterocycles. The molecule has 2 aliphatic heterocycles. The highest BCUT2D eigenvalue weighted by molar-refractivity contribution is 7.98. The minimum atomic E-state index is 0.0513. The van der Waals surface area contributed by atoms with Gasteiger partial charge in [-0.15, -0.1) is 11.3 Å². The van der Waals surface area contributed by atoms with Gasteiger partial charge in [-0.3, -0.25) is 9.59 Å². The number of benzene rings is 1. The summed E-state index contributed by atoms with van der Waals surface area (Å²) in [6.07, 6.45) is 4.98. The Labute approximate surface area is 203 Å². The highest BCUT2D eigenvalue weighted by atomic mass is 32.2. The van der Waals surface area contributed by atoms with E-state index in [9.17, 15) is 9.59 Å². The van der Waals surface area contributed by atoms with Crippen molar-refractivity contribution in [1.82, 2.24) is 14.4 Å². The molecule has 0 unspecified atom stereocenters. The molecule has 1 aromatic carbocycles. The van der Waals surface area contributed by atoms with Gasteiger partial charge in [-0.05, 0) is 53.5 Å². The van der Waals surface area contributed by atoms with Crippen molar-refractivity contribution in [1.29, 1.82) is 0 Å². The van der Waals surface area contributed by atoms with Crippen LogP contribution in [0.1, 0.15) is 56.5 Å². The summed E-state index contributed by atoms with van der Waals surface area (Å²) in [5.41, 5.74) is 4.06. The summed E-state index contributed by atoms with van der Waals surface area (Å²) < 4.78 is 2.07. The molecule has 1 fully saturated rings. The fourth-order valence-electron chi connectivity index (χ4n) is 4.55. The van der Waals surface area contributed by atoms with Crippen molar-refractivity contribution in [2.45, 2.75) is 31.9 Å². The molecule has 3 aromatic rings. The maximum Gasteiger partial charge on any atom is 0.257 e. The number of hydrogen-bond acceptors (Lipinski definition) is 4. The van der Waals surface area contributed by atoms with E-state index in [4.69, 9.17) is 0 Å². The van der Waals surface area contributed by atoms with Gasteiger partial charge in [-0.1, -0.05) is 26.0 Å². The van der Waals surface area contributed by atoms with Crippen molar-refractivity contribution >= 4 is 34.9 Å². The maximum absolute atomic E-state index is 13.7. The van der Waals surface area contributed by atoms with Gasteiger partial charge in [0.25, 0.3) is 11.8 Å². The van der Waals surface area contributed by atoms with Crippen LogP contribution < -0.4 is 0 Å². The van der Waals surface area contributed by atoms with E-state index in [1.54, 1.807) is 11.3 Å². The number of nitrogens with zero attached hydrogens (tertiary/aromatic N) is 3. The lowest BCUT2D eigenvalue weighted by atomic mass is 10.0. The van der Waals surface area contributed by atoms with Gasteiger partial charge in [0.1, 0.15) is 5.00 Å². The number of rotatable bonds is 4. The van der Waals surface area contributed by atoms with Crippen molar-refractivity contribution in [2.24, 2.45) is 0 Å². The van der Waals surface area contributed by atoms with Crippen LogP contribution >= 0.6 is 23.1 Å². The Hall–Kier alpha value is -2.51. The molecule has 0 aliphatic carbocycles. The summed E-state index contributed by atoms with van der Waals surface area (Å²) >= 11 is 3.69. The molecule has 0 spiro atoms. The quantitative estimate of drug-likeness (QED) is 0.526. The number of thioether (sulfide) groups is 1. The lowest BCUT2D eigenvalue weighted by Crippen LogP contribution is -2.50. The van der Waals surface area contributed by atoms with Gasteiger partial charge >= 0.3 is 0 Å². The topological polar surface area (TPSA) is 45.6 Å². The van der Waals surface area contributed by atoms with Crippen LogP contribution in [0.5, 0.6) is 0 Å². The van der Waals surface area contributed by atoms with E-state index >= 15 is 0 Å². The third-order valence-corrected chi connectivity index (χ3v) is 8.95. The Kier molecular flexibility index (Phi) is 6.34. The normalized spacial score (nSPS) is 16.2.